The number of alkyl halides is 2. The van der Waals surface area contributed by atoms with E-state index in [9.17, 15) is 23.2 Å². The van der Waals surface area contributed by atoms with Crippen LogP contribution in [0.3, 0.4) is 0 Å². The van der Waals surface area contributed by atoms with Gasteiger partial charge in [-0.1, -0.05) is 30.3 Å². The molecule has 0 heterocycles. The quantitative estimate of drug-likeness (QED) is 0.690. The van der Waals surface area contributed by atoms with Crippen molar-refractivity contribution in [2.45, 2.75) is 25.0 Å². The number of rotatable bonds is 7. The Kier molecular flexibility index (Phi) is 5.79. The van der Waals surface area contributed by atoms with E-state index in [1.54, 1.807) is 35.6 Å². The van der Waals surface area contributed by atoms with Crippen molar-refractivity contribution in [3.8, 4) is 0 Å². The molecule has 1 aromatic carbocycles. The average Bonchev–Trinajstić information content (AvgIpc) is 2.45. The lowest BCUT2D eigenvalue weighted by Crippen LogP contribution is -2.48. The summed E-state index contributed by atoms with van der Waals surface area (Å²) in [5, 5.41) is 10.5. The third-order valence-electron chi connectivity index (χ3n) is 2.62. The van der Waals surface area contributed by atoms with Gasteiger partial charge in [-0.25, -0.2) is 9.59 Å². The Labute approximate surface area is 124 Å². The summed E-state index contributed by atoms with van der Waals surface area (Å²) in [6.45, 7) is -0.161. The minimum atomic E-state index is -4.06. The number of primary amides is 1. The number of nitrogens with one attached hydrogen (secondary N) is 1. The molecule has 0 fully saturated rings. The summed E-state index contributed by atoms with van der Waals surface area (Å²) in [6, 6.07) is 6.45. The fraction of sp³-hybridized carbons (Fsp3) is 0.308. The highest BCUT2D eigenvalue weighted by Crippen LogP contribution is 2.20. The third kappa shape index (κ3) is 5.35. The van der Waals surface area contributed by atoms with Crippen LogP contribution in [-0.2, 0) is 20.9 Å². The number of aliphatic carboxylic acids is 1. The van der Waals surface area contributed by atoms with E-state index in [1.165, 1.54) is 0 Å². The van der Waals surface area contributed by atoms with Gasteiger partial charge in [0.1, 0.15) is 12.6 Å². The van der Waals surface area contributed by atoms with E-state index in [1.807, 2.05) is 0 Å². The Bertz CT molecular complexity index is 551. The first-order valence-electron chi connectivity index (χ1n) is 6.10. The number of carboxylic acids is 1. The number of nitrogens with two attached hydrogens (primary N) is 1. The van der Waals surface area contributed by atoms with E-state index in [-0.39, 0.29) is 6.61 Å². The third-order valence-corrected chi connectivity index (χ3v) is 2.62. The number of alkyl carbamates (subject to hydrolysis) is 1. The zero-order valence-electron chi connectivity index (χ0n) is 11.3. The molecule has 0 unspecified atom stereocenters. The fourth-order valence-electron chi connectivity index (χ4n) is 1.46. The van der Waals surface area contributed by atoms with E-state index in [0.717, 1.165) is 0 Å². The predicted molar refractivity (Wildman–Crippen MR) is 69.9 cm³/mol. The number of hydrogen-bond acceptors (Lipinski definition) is 4. The van der Waals surface area contributed by atoms with Crippen molar-refractivity contribution in [3.63, 3.8) is 0 Å². The lowest BCUT2D eigenvalue weighted by molar-refractivity contribution is -0.149. The van der Waals surface area contributed by atoms with Crippen molar-refractivity contribution in [2.24, 2.45) is 5.73 Å². The van der Waals surface area contributed by atoms with Gasteiger partial charge in [-0.15, -0.1) is 0 Å². The Hall–Kier alpha value is -2.71. The normalized spacial score (nSPS) is 12.3. The summed E-state index contributed by atoms with van der Waals surface area (Å²) < 4.78 is 31.0. The summed E-state index contributed by atoms with van der Waals surface area (Å²) in [4.78, 5) is 32.8. The van der Waals surface area contributed by atoms with Crippen molar-refractivity contribution in [2.75, 3.05) is 0 Å². The molecule has 1 rings (SSSR count). The molecule has 0 aliphatic heterocycles. The van der Waals surface area contributed by atoms with Crippen LogP contribution in [0.1, 0.15) is 12.0 Å². The SMILES string of the molecule is NC(=O)C(F)(F)C[C@H](NC(=O)OCc1ccccc1)C(=O)O. The first-order chi connectivity index (χ1) is 10.2. The van der Waals surface area contributed by atoms with E-state index in [0.29, 0.717) is 5.56 Å². The van der Waals surface area contributed by atoms with Crippen molar-refractivity contribution in [3.05, 3.63) is 35.9 Å². The number of amides is 2. The molecule has 0 saturated carbocycles. The van der Waals surface area contributed by atoms with Crippen LogP contribution in [-0.4, -0.2) is 35.0 Å². The number of carbonyl (C=O) groups is 3. The Morgan fingerprint density at radius 2 is 1.86 bits per heavy atom. The molecular weight excluding hydrogens is 302 g/mol. The molecule has 0 saturated heterocycles. The van der Waals surface area contributed by atoms with Crippen LogP contribution in [0.5, 0.6) is 0 Å². The van der Waals surface area contributed by atoms with Gasteiger partial charge in [0.15, 0.2) is 0 Å². The molecule has 0 radical (unpaired) electrons. The van der Waals surface area contributed by atoms with Gasteiger partial charge in [-0.2, -0.15) is 8.78 Å². The number of ether oxygens (including phenoxy) is 1. The summed E-state index contributed by atoms with van der Waals surface area (Å²) in [5.74, 6) is -7.77. The number of carbonyl (C=O) groups excluding carboxylic acids is 2. The molecule has 0 spiro atoms. The molecule has 120 valence electrons. The maximum Gasteiger partial charge on any atom is 0.408 e. The molecule has 9 heteroatoms. The zero-order chi connectivity index (χ0) is 16.8. The monoisotopic (exact) mass is 316 g/mol. The number of halogens is 2. The fourth-order valence-corrected chi connectivity index (χ4v) is 1.46. The van der Waals surface area contributed by atoms with Gasteiger partial charge in [0.2, 0.25) is 0 Å². The Balaban J connectivity index is 2.58. The van der Waals surface area contributed by atoms with E-state index < -0.39 is 36.4 Å². The highest BCUT2D eigenvalue weighted by atomic mass is 19.3. The summed E-state index contributed by atoms with van der Waals surface area (Å²) >= 11 is 0. The second kappa shape index (κ2) is 7.34. The van der Waals surface area contributed by atoms with Crippen LogP contribution in [0.15, 0.2) is 30.3 Å². The molecular formula is C13H14F2N2O5. The molecule has 7 nitrogen and oxygen atoms in total. The van der Waals surface area contributed by atoms with Crippen LogP contribution in [0.4, 0.5) is 13.6 Å². The maximum atomic E-state index is 13.1. The van der Waals surface area contributed by atoms with Gasteiger partial charge < -0.3 is 20.9 Å². The molecule has 4 N–H and O–H groups in total. The highest BCUT2D eigenvalue weighted by molar-refractivity contribution is 5.84. The number of carboxylic acid groups (broad SMARTS) is 1. The van der Waals surface area contributed by atoms with Crippen molar-refractivity contribution < 1.29 is 33.0 Å². The van der Waals surface area contributed by atoms with Gasteiger partial charge in [0, 0.05) is 0 Å². The molecule has 1 atom stereocenters. The van der Waals surface area contributed by atoms with Gasteiger partial charge in [-0.3, -0.25) is 4.79 Å². The number of benzene rings is 1. The molecule has 22 heavy (non-hydrogen) atoms. The standard InChI is InChI=1S/C13H14F2N2O5/c14-13(15,11(16)20)6-9(10(18)19)17-12(21)22-7-8-4-2-1-3-5-8/h1-5,9H,6-7H2,(H2,16,20)(H,17,21)(H,18,19)/t9-/m0/s1. The smallest absolute Gasteiger partial charge is 0.408 e. The van der Waals surface area contributed by atoms with E-state index in [4.69, 9.17) is 9.84 Å². The van der Waals surface area contributed by atoms with Gasteiger partial charge in [0.25, 0.3) is 5.91 Å². The Morgan fingerprint density at radius 1 is 1.27 bits per heavy atom. The second-order valence-electron chi connectivity index (χ2n) is 4.37. The van der Waals surface area contributed by atoms with Crippen LogP contribution in [0.25, 0.3) is 0 Å². The summed E-state index contributed by atoms with van der Waals surface area (Å²) in [5.41, 5.74) is 5.09. The lowest BCUT2D eigenvalue weighted by Gasteiger charge is -2.19. The summed E-state index contributed by atoms with van der Waals surface area (Å²) in [6.07, 6.45) is -2.66. The lowest BCUT2D eigenvalue weighted by atomic mass is 10.1. The molecule has 0 aliphatic carbocycles. The van der Waals surface area contributed by atoms with Gasteiger partial charge in [0.05, 0.1) is 6.42 Å². The second-order valence-corrected chi connectivity index (χ2v) is 4.37. The topological polar surface area (TPSA) is 119 Å². The van der Waals surface area contributed by atoms with Crippen LogP contribution in [0.2, 0.25) is 0 Å². The van der Waals surface area contributed by atoms with Crippen molar-refractivity contribution in [1.29, 1.82) is 0 Å². The van der Waals surface area contributed by atoms with E-state index >= 15 is 0 Å². The van der Waals surface area contributed by atoms with E-state index in [2.05, 4.69) is 5.73 Å². The number of hydrogen-bond donors (Lipinski definition) is 3. The first-order valence-corrected chi connectivity index (χ1v) is 6.10. The molecule has 1 aromatic rings. The Morgan fingerprint density at radius 3 is 2.36 bits per heavy atom. The predicted octanol–water partition coefficient (Wildman–Crippen LogP) is 0.877. The van der Waals surface area contributed by atoms with Crippen molar-refractivity contribution >= 4 is 18.0 Å². The van der Waals surface area contributed by atoms with Crippen molar-refractivity contribution in [1.82, 2.24) is 5.32 Å². The van der Waals surface area contributed by atoms with Crippen LogP contribution >= 0.6 is 0 Å². The average molecular weight is 316 g/mol. The molecule has 2 amide bonds. The molecule has 0 bridgehead atoms. The van der Waals surface area contributed by atoms with Gasteiger partial charge >= 0.3 is 18.0 Å². The molecule has 0 aliphatic rings. The largest absolute Gasteiger partial charge is 0.480 e. The molecule has 0 aromatic heterocycles. The minimum Gasteiger partial charge on any atom is -0.480 e. The minimum absolute atomic E-state index is 0.161. The first kappa shape index (κ1) is 17.3. The van der Waals surface area contributed by atoms with Crippen LogP contribution in [0, 0.1) is 0 Å². The maximum absolute atomic E-state index is 13.1. The van der Waals surface area contributed by atoms with Crippen LogP contribution < -0.4 is 11.1 Å². The summed E-state index contributed by atoms with van der Waals surface area (Å²) in [7, 11) is 0. The zero-order valence-corrected chi connectivity index (χ0v) is 11.3. The van der Waals surface area contributed by atoms with Gasteiger partial charge in [-0.05, 0) is 5.56 Å². The highest BCUT2D eigenvalue weighted by Gasteiger charge is 2.42.